The van der Waals surface area contributed by atoms with Crippen molar-refractivity contribution in [3.05, 3.63) is 76.1 Å². The number of alkyl halides is 3. The largest absolute Gasteiger partial charge is 0.416 e. The fourth-order valence-electron chi connectivity index (χ4n) is 2.23. The van der Waals surface area contributed by atoms with Crippen LogP contribution < -0.4 is 5.32 Å². The summed E-state index contributed by atoms with van der Waals surface area (Å²) in [6.45, 7) is 1.83. The van der Waals surface area contributed by atoms with Crippen molar-refractivity contribution in [3.63, 3.8) is 0 Å². The Morgan fingerprint density at radius 3 is 2.42 bits per heavy atom. The van der Waals surface area contributed by atoms with Gasteiger partial charge in [0.2, 0.25) is 0 Å². The maximum absolute atomic E-state index is 12.6. The lowest BCUT2D eigenvalue weighted by Gasteiger charge is -2.06. The molecule has 3 aromatic rings. The third-order valence-corrected chi connectivity index (χ3v) is 4.52. The number of halogens is 3. The second-order valence-corrected chi connectivity index (χ2v) is 6.76. The van der Waals surface area contributed by atoms with Crippen LogP contribution in [0, 0.1) is 6.92 Å². The zero-order valence-corrected chi connectivity index (χ0v) is 14.5. The van der Waals surface area contributed by atoms with Gasteiger partial charge in [-0.3, -0.25) is 15.1 Å². The summed E-state index contributed by atoms with van der Waals surface area (Å²) in [5.41, 5.74) is 1.30. The molecule has 0 fully saturated rings. The predicted octanol–water partition coefficient (Wildman–Crippen LogP) is 4.71. The van der Waals surface area contributed by atoms with E-state index in [1.807, 2.05) is 6.92 Å². The van der Waals surface area contributed by atoms with E-state index in [0.29, 0.717) is 17.1 Å². The number of nitrogens with one attached hydrogen (secondary N) is 1. The van der Waals surface area contributed by atoms with E-state index in [4.69, 9.17) is 0 Å². The van der Waals surface area contributed by atoms with Gasteiger partial charge in [0.05, 0.1) is 11.1 Å². The highest BCUT2D eigenvalue weighted by Gasteiger charge is 2.29. The molecule has 3 rings (SSSR count). The number of hydrogen-bond donors (Lipinski definition) is 1. The molecule has 0 aliphatic rings. The lowest BCUT2D eigenvalue weighted by atomic mass is 10.1. The molecule has 26 heavy (non-hydrogen) atoms. The number of carbonyl (C=O) groups excluding carboxylic acids is 1. The summed E-state index contributed by atoms with van der Waals surface area (Å²) in [5, 5.41) is 3.12. The third kappa shape index (κ3) is 4.45. The number of hydrogen-bond acceptors (Lipinski definition) is 4. The molecule has 0 unspecified atom stereocenters. The Kier molecular flexibility index (Phi) is 5.03. The monoisotopic (exact) mass is 377 g/mol. The van der Waals surface area contributed by atoms with Gasteiger partial charge in [-0.2, -0.15) is 13.2 Å². The van der Waals surface area contributed by atoms with E-state index < -0.39 is 11.7 Å². The predicted molar refractivity (Wildman–Crippen MR) is 93.3 cm³/mol. The number of rotatable bonds is 4. The van der Waals surface area contributed by atoms with Crippen molar-refractivity contribution in [3.8, 4) is 0 Å². The van der Waals surface area contributed by atoms with E-state index in [-0.39, 0.29) is 5.91 Å². The van der Waals surface area contributed by atoms with Crippen LogP contribution in [0.25, 0.3) is 0 Å². The SMILES string of the molecule is Cc1ccc(C(=O)Nc2ncc(Cc3ccc(C(F)(F)F)cc3)s2)cn1. The number of amides is 1. The summed E-state index contributed by atoms with van der Waals surface area (Å²) in [5.74, 6) is -0.312. The molecule has 0 saturated heterocycles. The lowest BCUT2D eigenvalue weighted by molar-refractivity contribution is -0.137. The van der Waals surface area contributed by atoms with Crippen LogP contribution in [0.5, 0.6) is 0 Å². The average molecular weight is 377 g/mol. The van der Waals surface area contributed by atoms with E-state index in [9.17, 15) is 18.0 Å². The number of thiazole rings is 1. The van der Waals surface area contributed by atoms with Crippen molar-refractivity contribution in [1.29, 1.82) is 0 Å². The van der Waals surface area contributed by atoms with Crippen molar-refractivity contribution in [2.24, 2.45) is 0 Å². The molecule has 0 saturated carbocycles. The second-order valence-electron chi connectivity index (χ2n) is 5.65. The van der Waals surface area contributed by atoms with Crippen LogP contribution in [-0.2, 0) is 12.6 Å². The van der Waals surface area contributed by atoms with Crippen molar-refractivity contribution in [2.75, 3.05) is 5.32 Å². The zero-order chi connectivity index (χ0) is 18.7. The number of pyridine rings is 1. The van der Waals surface area contributed by atoms with Crippen LogP contribution in [0.1, 0.15) is 32.1 Å². The normalized spacial score (nSPS) is 11.4. The number of anilines is 1. The number of aryl methyl sites for hydroxylation is 1. The molecule has 0 aliphatic heterocycles. The van der Waals surface area contributed by atoms with Gasteiger partial charge in [-0.25, -0.2) is 4.98 Å². The Labute approximate surface area is 151 Å². The highest BCUT2D eigenvalue weighted by molar-refractivity contribution is 7.15. The zero-order valence-electron chi connectivity index (χ0n) is 13.7. The first-order valence-corrected chi connectivity index (χ1v) is 8.48. The van der Waals surface area contributed by atoms with Gasteiger partial charge >= 0.3 is 6.18 Å². The van der Waals surface area contributed by atoms with Gasteiger partial charge in [0.1, 0.15) is 0 Å². The van der Waals surface area contributed by atoms with Gasteiger partial charge in [-0.15, -0.1) is 11.3 Å². The molecule has 4 nitrogen and oxygen atoms in total. The number of carbonyl (C=O) groups is 1. The Bertz CT molecular complexity index is 903. The minimum atomic E-state index is -4.34. The third-order valence-electron chi connectivity index (χ3n) is 3.61. The maximum Gasteiger partial charge on any atom is 0.416 e. The molecule has 0 spiro atoms. The minimum Gasteiger partial charge on any atom is -0.298 e. The Balaban J connectivity index is 1.64. The molecular weight excluding hydrogens is 363 g/mol. The van der Waals surface area contributed by atoms with Crippen LogP contribution >= 0.6 is 11.3 Å². The topological polar surface area (TPSA) is 54.9 Å². The molecule has 134 valence electrons. The molecule has 0 radical (unpaired) electrons. The van der Waals surface area contributed by atoms with Gasteiger partial charge in [-0.05, 0) is 36.8 Å². The van der Waals surface area contributed by atoms with E-state index in [2.05, 4.69) is 15.3 Å². The average Bonchev–Trinajstić information content (AvgIpc) is 3.02. The van der Waals surface area contributed by atoms with Gasteiger partial charge in [0.25, 0.3) is 5.91 Å². The van der Waals surface area contributed by atoms with E-state index in [1.165, 1.54) is 29.7 Å². The molecule has 8 heteroatoms. The molecule has 1 N–H and O–H groups in total. The molecule has 0 aliphatic carbocycles. The van der Waals surface area contributed by atoms with Gasteiger partial charge in [0, 0.05) is 29.4 Å². The van der Waals surface area contributed by atoms with Crippen molar-refractivity contribution >= 4 is 22.4 Å². The fourth-order valence-corrected chi connectivity index (χ4v) is 3.07. The first-order valence-electron chi connectivity index (χ1n) is 7.66. The van der Waals surface area contributed by atoms with E-state index in [1.54, 1.807) is 18.3 Å². The summed E-state index contributed by atoms with van der Waals surface area (Å²) >= 11 is 1.28. The van der Waals surface area contributed by atoms with Crippen molar-refractivity contribution in [2.45, 2.75) is 19.5 Å². The Hall–Kier alpha value is -2.74. The van der Waals surface area contributed by atoms with Crippen LogP contribution in [0.15, 0.2) is 48.8 Å². The molecular formula is C18H14F3N3OS. The number of benzene rings is 1. The first kappa shape index (κ1) is 18.1. The number of aromatic nitrogens is 2. The highest BCUT2D eigenvalue weighted by Crippen LogP contribution is 2.30. The fraction of sp³-hybridized carbons (Fsp3) is 0.167. The van der Waals surface area contributed by atoms with Crippen LogP contribution in [0.4, 0.5) is 18.3 Å². The van der Waals surface area contributed by atoms with Crippen molar-refractivity contribution in [1.82, 2.24) is 9.97 Å². The highest BCUT2D eigenvalue weighted by atomic mass is 32.1. The number of nitrogens with zero attached hydrogens (tertiary/aromatic N) is 2. The van der Waals surface area contributed by atoms with Crippen molar-refractivity contribution < 1.29 is 18.0 Å². The van der Waals surface area contributed by atoms with Gasteiger partial charge in [-0.1, -0.05) is 12.1 Å². The van der Waals surface area contributed by atoms with Crippen LogP contribution in [0.2, 0.25) is 0 Å². The first-order chi connectivity index (χ1) is 12.3. The summed E-state index contributed by atoms with van der Waals surface area (Å²) < 4.78 is 37.7. The minimum absolute atomic E-state index is 0.312. The maximum atomic E-state index is 12.6. The van der Waals surface area contributed by atoms with Crippen LogP contribution in [-0.4, -0.2) is 15.9 Å². The quantitative estimate of drug-likeness (QED) is 0.717. The summed E-state index contributed by atoms with van der Waals surface area (Å²) in [4.78, 5) is 21.2. The Morgan fingerprint density at radius 2 is 1.81 bits per heavy atom. The molecule has 0 bridgehead atoms. The molecule has 2 heterocycles. The van der Waals surface area contributed by atoms with Crippen LogP contribution in [0.3, 0.4) is 0 Å². The smallest absolute Gasteiger partial charge is 0.298 e. The van der Waals surface area contributed by atoms with Gasteiger partial charge < -0.3 is 0 Å². The molecule has 2 aromatic heterocycles. The summed E-state index contributed by atoms with van der Waals surface area (Å²) in [7, 11) is 0. The molecule has 0 atom stereocenters. The Morgan fingerprint density at radius 1 is 1.08 bits per heavy atom. The van der Waals surface area contributed by atoms with E-state index in [0.717, 1.165) is 28.3 Å². The lowest BCUT2D eigenvalue weighted by Crippen LogP contribution is -2.11. The second kappa shape index (κ2) is 7.25. The van der Waals surface area contributed by atoms with E-state index >= 15 is 0 Å². The molecule has 1 aromatic carbocycles. The standard InChI is InChI=1S/C18H14F3N3OS/c1-11-2-5-13(9-22-11)16(25)24-17-23-10-15(26-17)8-12-3-6-14(7-4-12)18(19,20)21/h2-7,9-10H,8H2,1H3,(H,23,24,25). The summed E-state index contributed by atoms with van der Waals surface area (Å²) in [6, 6.07) is 8.42. The van der Waals surface area contributed by atoms with Gasteiger partial charge in [0.15, 0.2) is 5.13 Å². The molecule has 1 amide bonds. The summed E-state index contributed by atoms with van der Waals surface area (Å²) in [6.07, 6.45) is -0.810.